The molecule has 0 saturated carbocycles. The summed E-state index contributed by atoms with van der Waals surface area (Å²) in [7, 11) is 3.57. The SMILES string of the molecule is Bc1ccccc1C(C)OC(=O)NC(/C(=N\C)c1ccccc1)=C(\C)O. The molecule has 0 aliphatic heterocycles. The maximum Gasteiger partial charge on any atom is 0.412 e. The highest BCUT2D eigenvalue weighted by Gasteiger charge is 2.19. The number of hydrogen-bond donors (Lipinski definition) is 2. The Labute approximate surface area is 154 Å². The third-order valence-electron chi connectivity index (χ3n) is 4.01. The number of alkyl carbamates (subject to hydrolysis) is 1. The average Bonchev–Trinajstić information content (AvgIpc) is 2.62. The number of aliphatic hydroxyl groups is 1. The van der Waals surface area contributed by atoms with Gasteiger partial charge in [-0.05, 0) is 19.4 Å². The summed E-state index contributed by atoms with van der Waals surface area (Å²) in [5.41, 5.74) is 3.46. The van der Waals surface area contributed by atoms with Gasteiger partial charge in [-0.15, -0.1) is 0 Å². The van der Waals surface area contributed by atoms with Crippen molar-refractivity contribution in [2.75, 3.05) is 7.05 Å². The first kappa shape index (κ1) is 19.3. The van der Waals surface area contributed by atoms with Gasteiger partial charge in [-0.1, -0.05) is 60.1 Å². The molecule has 0 radical (unpaired) electrons. The second kappa shape index (κ2) is 8.90. The molecule has 6 heteroatoms. The van der Waals surface area contributed by atoms with Gasteiger partial charge in [-0.2, -0.15) is 0 Å². The number of hydrogen-bond acceptors (Lipinski definition) is 4. The Morgan fingerprint density at radius 2 is 1.77 bits per heavy atom. The lowest BCUT2D eigenvalue weighted by molar-refractivity contribution is 0.110. The molecule has 0 aliphatic carbocycles. The van der Waals surface area contributed by atoms with Gasteiger partial charge in [0, 0.05) is 12.6 Å². The molecule has 0 fully saturated rings. The first-order valence-electron chi connectivity index (χ1n) is 8.39. The zero-order valence-electron chi connectivity index (χ0n) is 15.5. The topological polar surface area (TPSA) is 70.9 Å². The predicted molar refractivity (Wildman–Crippen MR) is 107 cm³/mol. The maximum absolute atomic E-state index is 12.4. The van der Waals surface area contributed by atoms with Crippen LogP contribution < -0.4 is 10.8 Å². The Kier molecular flexibility index (Phi) is 6.61. The van der Waals surface area contributed by atoms with Gasteiger partial charge in [0.2, 0.25) is 0 Å². The van der Waals surface area contributed by atoms with Gasteiger partial charge in [-0.25, -0.2) is 4.79 Å². The largest absolute Gasteiger partial charge is 0.510 e. The lowest BCUT2D eigenvalue weighted by atomic mass is 9.88. The van der Waals surface area contributed by atoms with E-state index in [0.29, 0.717) is 5.71 Å². The highest BCUT2D eigenvalue weighted by atomic mass is 16.6. The summed E-state index contributed by atoms with van der Waals surface area (Å²) in [6, 6.07) is 17.1. The van der Waals surface area contributed by atoms with Crippen LogP contribution in [0.5, 0.6) is 0 Å². The Balaban J connectivity index is 2.17. The number of nitrogens with one attached hydrogen (secondary N) is 1. The molecule has 2 aromatic carbocycles. The first-order valence-corrected chi connectivity index (χ1v) is 8.39. The van der Waals surface area contributed by atoms with Crippen molar-refractivity contribution in [3.8, 4) is 0 Å². The number of ether oxygens (including phenoxy) is 1. The Morgan fingerprint density at radius 3 is 2.35 bits per heavy atom. The second-order valence-corrected chi connectivity index (χ2v) is 5.93. The molecule has 26 heavy (non-hydrogen) atoms. The van der Waals surface area contributed by atoms with Gasteiger partial charge in [0.1, 0.15) is 25.4 Å². The van der Waals surface area contributed by atoms with E-state index in [9.17, 15) is 9.90 Å². The molecule has 0 spiro atoms. The van der Waals surface area contributed by atoms with Crippen LogP contribution in [0.1, 0.15) is 31.1 Å². The summed E-state index contributed by atoms with van der Waals surface area (Å²) in [6.07, 6.45) is -1.07. The van der Waals surface area contributed by atoms with E-state index in [0.717, 1.165) is 16.6 Å². The van der Waals surface area contributed by atoms with Crippen LogP contribution in [-0.2, 0) is 4.74 Å². The highest BCUT2D eigenvalue weighted by molar-refractivity contribution is 6.33. The number of amides is 1. The zero-order valence-corrected chi connectivity index (χ0v) is 15.5. The number of allylic oxidation sites excluding steroid dienone is 2. The summed E-state index contributed by atoms with van der Waals surface area (Å²) in [4.78, 5) is 16.6. The van der Waals surface area contributed by atoms with Gasteiger partial charge in [-0.3, -0.25) is 10.3 Å². The molecular formula is C20H23BN2O3. The fraction of sp³-hybridized carbons (Fsp3) is 0.200. The van der Waals surface area contributed by atoms with Crippen LogP contribution in [0.2, 0.25) is 0 Å². The summed E-state index contributed by atoms with van der Waals surface area (Å²) in [5.74, 6) is -0.0463. The van der Waals surface area contributed by atoms with Gasteiger partial charge < -0.3 is 9.84 Å². The zero-order chi connectivity index (χ0) is 19.1. The molecule has 0 aliphatic rings. The van der Waals surface area contributed by atoms with Crippen LogP contribution in [-0.4, -0.2) is 31.8 Å². The third-order valence-corrected chi connectivity index (χ3v) is 4.01. The third kappa shape index (κ3) is 4.75. The van der Waals surface area contributed by atoms with Crippen molar-refractivity contribution in [2.45, 2.75) is 20.0 Å². The van der Waals surface area contributed by atoms with Crippen molar-refractivity contribution in [1.82, 2.24) is 5.32 Å². The van der Waals surface area contributed by atoms with E-state index >= 15 is 0 Å². The van der Waals surface area contributed by atoms with Crippen molar-refractivity contribution >= 4 is 25.1 Å². The van der Waals surface area contributed by atoms with E-state index in [4.69, 9.17) is 4.74 Å². The Morgan fingerprint density at radius 1 is 1.15 bits per heavy atom. The molecule has 134 valence electrons. The summed E-state index contributed by atoms with van der Waals surface area (Å²) in [6.45, 7) is 3.30. The van der Waals surface area contributed by atoms with Gasteiger partial charge >= 0.3 is 6.09 Å². The standard InChI is InChI=1S/C20H23BN2O3/c1-13(24)18(19(22-3)15-9-5-4-6-10-15)23-20(25)26-14(2)16-11-7-8-12-17(16)21/h4-12,14,24H,21H2,1-3H3,(H,23,25)/b18-13+,22-19-. The molecule has 1 atom stereocenters. The molecule has 0 heterocycles. The van der Waals surface area contributed by atoms with Crippen molar-refractivity contribution in [2.24, 2.45) is 4.99 Å². The van der Waals surface area contributed by atoms with E-state index < -0.39 is 12.2 Å². The van der Waals surface area contributed by atoms with Gasteiger partial charge in [0.25, 0.3) is 0 Å². The minimum Gasteiger partial charge on any atom is -0.510 e. The van der Waals surface area contributed by atoms with Crippen LogP contribution >= 0.6 is 0 Å². The predicted octanol–water partition coefficient (Wildman–Crippen LogP) is 2.64. The number of aliphatic imine (C=N–C) groups is 1. The smallest absolute Gasteiger partial charge is 0.412 e. The van der Waals surface area contributed by atoms with Gasteiger partial charge in [0.15, 0.2) is 0 Å². The average molecular weight is 350 g/mol. The minimum absolute atomic E-state index is 0.0463. The molecule has 1 amide bonds. The second-order valence-electron chi connectivity index (χ2n) is 5.93. The van der Waals surface area contributed by atoms with Crippen LogP contribution in [0.4, 0.5) is 4.79 Å². The lowest BCUT2D eigenvalue weighted by Crippen LogP contribution is -2.31. The molecule has 0 bridgehead atoms. The quantitative estimate of drug-likeness (QED) is 0.495. The van der Waals surface area contributed by atoms with Crippen LogP contribution in [0, 0.1) is 0 Å². The molecule has 0 saturated heterocycles. The molecular weight excluding hydrogens is 327 g/mol. The fourth-order valence-corrected chi connectivity index (χ4v) is 2.70. The van der Waals surface area contributed by atoms with Crippen LogP contribution in [0.15, 0.2) is 71.0 Å². The van der Waals surface area contributed by atoms with Crippen molar-refractivity contribution in [1.29, 1.82) is 0 Å². The highest BCUT2D eigenvalue weighted by Crippen LogP contribution is 2.16. The fourth-order valence-electron chi connectivity index (χ4n) is 2.70. The number of aliphatic hydroxyl groups excluding tert-OH is 1. The number of nitrogens with zero attached hydrogens (tertiary/aromatic N) is 1. The summed E-state index contributed by atoms with van der Waals surface area (Å²) in [5, 5.41) is 12.7. The van der Waals surface area contributed by atoms with E-state index in [-0.39, 0.29) is 11.5 Å². The molecule has 2 N–H and O–H groups in total. The number of carbonyl (C=O) groups excluding carboxylic acids is 1. The molecule has 0 aromatic heterocycles. The number of carbonyl (C=O) groups is 1. The van der Waals surface area contributed by atoms with Crippen LogP contribution in [0.3, 0.4) is 0 Å². The minimum atomic E-state index is -0.652. The van der Waals surface area contributed by atoms with E-state index in [1.54, 1.807) is 7.05 Å². The van der Waals surface area contributed by atoms with Crippen molar-refractivity contribution in [3.63, 3.8) is 0 Å². The first-order chi connectivity index (χ1) is 12.4. The summed E-state index contributed by atoms with van der Waals surface area (Å²) >= 11 is 0. The molecule has 2 aromatic rings. The normalized spacial score (nSPS) is 13.6. The van der Waals surface area contributed by atoms with Gasteiger partial charge in [0.05, 0.1) is 5.71 Å². The van der Waals surface area contributed by atoms with Crippen LogP contribution in [0.25, 0.3) is 0 Å². The van der Waals surface area contributed by atoms with E-state index in [2.05, 4.69) is 10.3 Å². The monoisotopic (exact) mass is 350 g/mol. The van der Waals surface area contributed by atoms with E-state index in [1.807, 2.05) is 69.4 Å². The lowest BCUT2D eigenvalue weighted by Gasteiger charge is -2.18. The summed E-state index contributed by atoms with van der Waals surface area (Å²) < 4.78 is 5.48. The van der Waals surface area contributed by atoms with Crippen molar-refractivity contribution in [3.05, 3.63) is 77.2 Å². The number of benzene rings is 2. The van der Waals surface area contributed by atoms with E-state index in [1.165, 1.54) is 6.92 Å². The molecule has 2 rings (SSSR count). The number of rotatable bonds is 5. The Bertz CT molecular complexity index is 828. The molecule has 1 unspecified atom stereocenters. The van der Waals surface area contributed by atoms with Crippen molar-refractivity contribution < 1.29 is 14.6 Å². The Hall–Kier alpha value is -3.02. The molecule has 5 nitrogen and oxygen atoms in total. The maximum atomic E-state index is 12.4.